The number of hydrogen-bond donors (Lipinski definition) is 9. The van der Waals surface area contributed by atoms with Crippen molar-refractivity contribution in [3.8, 4) is 0 Å². The lowest BCUT2D eigenvalue weighted by Gasteiger charge is -2.43. The van der Waals surface area contributed by atoms with Crippen molar-refractivity contribution in [2.75, 3.05) is 13.7 Å². The number of aliphatic hydroxyl groups is 4. The highest BCUT2D eigenvalue weighted by atomic mass is 19.1. The summed E-state index contributed by atoms with van der Waals surface area (Å²) in [7, 11) is 1.42. The molecule has 13 atom stereocenters. The van der Waals surface area contributed by atoms with Gasteiger partial charge in [-0.25, -0.2) is 9.18 Å². The van der Waals surface area contributed by atoms with Gasteiger partial charge in [-0.1, -0.05) is 18.2 Å². The summed E-state index contributed by atoms with van der Waals surface area (Å²) in [4.78, 5) is 12.6. The Bertz CT molecular complexity index is 1120. The first-order chi connectivity index (χ1) is 20.9. The van der Waals surface area contributed by atoms with Crippen molar-refractivity contribution in [1.82, 2.24) is 5.32 Å². The molecule has 4 rings (SSSR count). The summed E-state index contributed by atoms with van der Waals surface area (Å²) in [5.41, 5.74) is 24.4. The van der Waals surface area contributed by atoms with Gasteiger partial charge < -0.3 is 72.4 Å². The molecule has 1 aliphatic carbocycles. The molecular formula is C28H44FN5O10. The van der Waals surface area contributed by atoms with E-state index < -0.39 is 98.1 Å². The summed E-state index contributed by atoms with van der Waals surface area (Å²) in [5, 5.41) is 44.2. The Balaban J connectivity index is 1.43. The Kier molecular flexibility index (Phi) is 11.9. The van der Waals surface area contributed by atoms with E-state index in [2.05, 4.69) is 5.32 Å². The average Bonchev–Trinajstić information content (AvgIpc) is 3.00. The highest BCUT2D eigenvalue weighted by molar-refractivity contribution is 5.89. The number of nitrogens with two attached hydrogens (primary N) is 4. The fourth-order valence-corrected chi connectivity index (χ4v) is 5.59. The number of benzene rings is 1. The Morgan fingerprint density at radius 1 is 1.02 bits per heavy atom. The maximum Gasteiger partial charge on any atom is 0.338 e. The third-order valence-electron chi connectivity index (χ3n) is 8.12. The van der Waals surface area contributed by atoms with Gasteiger partial charge in [-0.05, 0) is 37.8 Å². The second-order valence-corrected chi connectivity index (χ2v) is 11.3. The van der Waals surface area contributed by atoms with Crippen LogP contribution in [-0.4, -0.2) is 120 Å². The summed E-state index contributed by atoms with van der Waals surface area (Å²) in [6.07, 6.45) is -11.5. The van der Waals surface area contributed by atoms with Crippen LogP contribution in [0.25, 0.3) is 0 Å². The van der Waals surface area contributed by atoms with Crippen molar-refractivity contribution in [2.24, 2.45) is 22.9 Å². The molecule has 2 aliphatic heterocycles. The van der Waals surface area contributed by atoms with Gasteiger partial charge in [0.2, 0.25) is 6.29 Å². The second kappa shape index (κ2) is 15.2. The van der Waals surface area contributed by atoms with Crippen molar-refractivity contribution in [3.63, 3.8) is 0 Å². The van der Waals surface area contributed by atoms with Gasteiger partial charge in [-0.3, -0.25) is 0 Å². The van der Waals surface area contributed by atoms with Crippen LogP contribution in [0.5, 0.6) is 0 Å². The Morgan fingerprint density at radius 2 is 1.70 bits per heavy atom. The first-order valence-corrected chi connectivity index (χ1v) is 14.6. The minimum absolute atomic E-state index is 0.0475. The lowest BCUT2D eigenvalue weighted by Crippen LogP contribution is -2.63. The van der Waals surface area contributed by atoms with E-state index in [1.54, 1.807) is 18.2 Å². The minimum Gasteiger partial charge on any atom is -0.508 e. The van der Waals surface area contributed by atoms with Crippen molar-refractivity contribution >= 4 is 5.97 Å². The smallest absolute Gasteiger partial charge is 0.338 e. The maximum absolute atomic E-state index is 15.8. The van der Waals surface area contributed by atoms with Crippen LogP contribution in [0.3, 0.4) is 0 Å². The first-order valence-electron chi connectivity index (χ1n) is 14.6. The number of alkyl halides is 1. The van der Waals surface area contributed by atoms with Gasteiger partial charge in [-0.2, -0.15) is 0 Å². The lowest BCUT2D eigenvalue weighted by molar-refractivity contribution is -0.289. The van der Waals surface area contributed by atoms with Crippen LogP contribution in [0.4, 0.5) is 4.39 Å². The number of rotatable bonds is 10. The summed E-state index contributed by atoms with van der Waals surface area (Å²) < 4.78 is 44.0. The zero-order valence-electron chi connectivity index (χ0n) is 24.4. The molecule has 1 aromatic carbocycles. The number of carbonyl (C=O) groups excluding carboxylic acids is 1. The van der Waals surface area contributed by atoms with Gasteiger partial charge in [-0.15, -0.1) is 0 Å². The maximum atomic E-state index is 15.8. The molecule has 13 N–H and O–H groups in total. The molecule has 0 bridgehead atoms. The topological polar surface area (TPSA) is 260 Å². The number of aliphatic hydroxyl groups excluding tert-OH is 4. The van der Waals surface area contributed by atoms with Crippen LogP contribution in [0.2, 0.25) is 0 Å². The van der Waals surface area contributed by atoms with Gasteiger partial charge in [0.15, 0.2) is 24.9 Å². The van der Waals surface area contributed by atoms with Crippen LogP contribution in [0.1, 0.15) is 36.0 Å². The van der Waals surface area contributed by atoms with Crippen LogP contribution in [-0.2, 0) is 23.7 Å². The molecule has 0 aromatic heterocycles. The molecule has 0 amide bonds. The zero-order chi connectivity index (χ0) is 32.1. The van der Waals surface area contributed by atoms with E-state index in [1.165, 1.54) is 19.2 Å². The third kappa shape index (κ3) is 7.83. The molecule has 0 spiro atoms. The summed E-state index contributed by atoms with van der Waals surface area (Å²) in [5.74, 6) is -1.20. The molecule has 2 saturated heterocycles. The molecule has 1 aromatic rings. The number of ether oxygens (including phenoxy) is 5. The quantitative estimate of drug-likeness (QED) is 0.0766. The molecule has 248 valence electrons. The minimum atomic E-state index is -1.91. The highest BCUT2D eigenvalue weighted by Gasteiger charge is 2.48. The Morgan fingerprint density at radius 3 is 2.36 bits per heavy atom. The molecule has 2 heterocycles. The molecule has 8 unspecified atom stereocenters. The van der Waals surface area contributed by atoms with Crippen molar-refractivity contribution in [3.05, 3.63) is 47.4 Å². The van der Waals surface area contributed by atoms with Gasteiger partial charge >= 0.3 is 5.97 Å². The van der Waals surface area contributed by atoms with E-state index in [0.717, 1.165) is 0 Å². The number of hydrogen-bond acceptors (Lipinski definition) is 15. The summed E-state index contributed by atoms with van der Waals surface area (Å²) >= 11 is 0. The SMILES string of the molecule is CN/C(=C(/O)C1CCC(N)[C@@H](O[C@@H]2C(N)C[C@@H](N)C(OC(=O)c3ccccc3)C2F)O1)C(O)O[C@H]1OC(CO)[C@@H](N)CC1O. The lowest BCUT2D eigenvalue weighted by atomic mass is 9.85. The van der Waals surface area contributed by atoms with Crippen LogP contribution in [0.15, 0.2) is 41.8 Å². The van der Waals surface area contributed by atoms with E-state index in [-0.39, 0.29) is 36.9 Å². The predicted molar refractivity (Wildman–Crippen MR) is 152 cm³/mol. The average molecular weight is 630 g/mol. The summed E-state index contributed by atoms with van der Waals surface area (Å²) in [6.45, 7) is -0.423. The highest BCUT2D eigenvalue weighted by Crippen LogP contribution is 2.32. The Labute approximate surface area is 254 Å². The predicted octanol–water partition coefficient (Wildman–Crippen LogP) is -2.05. The van der Waals surface area contributed by atoms with Gasteiger partial charge in [0.05, 0.1) is 24.3 Å². The number of esters is 1. The van der Waals surface area contributed by atoms with Crippen molar-refractivity contribution < 1.29 is 53.3 Å². The van der Waals surface area contributed by atoms with E-state index in [4.69, 9.17) is 46.6 Å². The Hall–Kier alpha value is -2.48. The van der Waals surface area contributed by atoms with E-state index in [1.807, 2.05) is 0 Å². The van der Waals surface area contributed by atoms with E-state index in [0.29, 0.717) is 0 Å². The number of carbonyl (C=O) groups is 1. The monoisotopic (exact) mass is 629 g/mol. The molecule has 16 heteroatoms. The molecule has 3 aliphatic rings. The van der Waals surface area contributed by atoms with Crippen molar-refractivity contribution in [2.45, 2.75) is 105 Å². The molecule has 44 heavy (non-hydrogen) atoms. The van der Waals surface area contributed by atoms with Crippen LogP contribution < -0.4 is 28.3 Å². The second-order valence-electron chi connectivity index (χ2n) is 11.3. The van der Waals surface area contributed by atoms with Gasteiger partial charge in [0.1, 0.15) is 29.8 Å². The number of halogens is 1. The van der Waals surface area contributed by atoms with E-state index in [9.17, 15) is 25.2 Å². The third-order valence-corrected chi connectivity index (χ3v) is 8.12. The molecule has 0 radical (unpaired) electrons. The fraction of sp³-hybridized carbons (Fsp3) is 0.679. The van der Waals surface area contributed by atoms with Gasteiger partial charge in [0.25, 0.3) is 0 Å². The van der Waals surface area contributed by atoms with Crippen molar-refractivity contribution in [1.29, 1.82) is 0 Å². The standard InChI is InChI=1S/C28H44FN5O10/c1-34-21(26(39)44-28-17(36)10-14(31)19(11-35)41-28)22(37)18-8-7-13(30)27(40-18)43-24-16(33)9-15(32)23(20(24)29)42-25(38)12-5-3-2-4-6-12/h2-6,13-20,23-24,26-28,34-37,39H,7-11,30-33H2,1H3/b22-21+/t13?,14-,15+,16?,17?,18?,19?,20?,23?,24+,26?,27+,28+/m0/s1. The molecule has 1 saturated carbocycles. The van der Waals surface area contributed by atoms with Crippen LogP contribution >= 0.6 is 0 Å². The van der Waals surface area contributed by atoms with Crippen LogP contribution in [0, 0.1) is 0 Å². The molecule has 15 nitrogen and oxygen atoms in total. The normalized spacial score (nSPS) is 39.2. The van der Waals surface area contributed by atoms with Gasteiger partial charge in [0, 0.05) is 25.2 Å². The van der Waals surface area contributed by atoms with E-state index >= 15 is 4.39 Å². The molecule has 3 fully saturated rings. The number of nitrogens with one attached hydrogen (secondary N) is 1. The fourth-order valence-electron chi connectivity index (χ4n) is 5.59. The first kappa shape index (κ1) is 34.4. The molecular weight excluding hydrogens is 585 g/mol. The zero-order valence-corrected chi connectivity index (χ0v) is 24.4. The largest absolute Gasteiger partial charge is 0.508 e. The summed E-state index contributed by atoms with van der Waals surface area (Å²) in [6, 6.07) is 4.95. The number of likely N-dealkylation sites (N-methyl/N-ethyl adjacent to an activating group) is 1.